The van der Waals surface area contributed by atoms with Crippen LogP contribution in [0.3, 0.4) is 0 Å². The molecule has 1 aliphatic heterocycles. The zero-order valence-corrected chi connectivity index (χ0v) is 14.0. The van der Waals surface area contributed by atoms with Gasteiger partial charge in [0, 0.05) is 5.38 Å². The molecule has 0 radical (unpaired) electrons. The summed E-state index contributed by atoms with van der Waals surface area (Å²) < 4.78 is 10.8. The highest BCUT2D eigenvalue weighted by atomic mass is 32.1. The van der Waals surface area contributed by atoms with Crippen LogP contribution in [0.1, 0.15) is 51.6 Å². The monoisotopic (exact) mass is 339 g/mol. The summed E-state index contributed by atoms with van der Waals surface area (Å²) in [6.07, 6.45) is 2.03. The van der Waals surface area contributed by atoms with E-state index in [-0.39, 0.29) is 11.9 Å². The molecule has 0 aliphatic carbocycles. The Morgan fingerprint density at radius 2 is 2.27 bits per heavy atom. The minimum atomic E-state index is -0.436. The third-order valence-electron chi connectivity index (χ3n) is 3.23. The summed E-state index contributed by atoms with van der Waals surface area (Å²) in [4.78, 5) is 21.5. The fourth-order valence-corrected chi connectivity index (χ4v) is 3.69. The fraction of sp³-hybridized carbons (Fsp3) is 0.500. The van der Waals surface area contributed by atoms with Gasteiger partial charge < -0.3 is 14.8 Å². The number of carbonyl (C=O) groups excluding carboxylic acids is 1. The van der Waals surface area contributed by atoms with Gasteiger partial charge in [-0.3, -0.25) is 4.79 Å². The number of hydrogen-bond acceptors (Lipinski definition) is 7. The quantitative estimate of drug-likeness (QED) is 0.907. The first-order valence-electron chi connectivity index (χ1n) is 7.11. The molecule has 0 spiro atoms. The van der Waals surface area contributed by atoms with Gasteiger partial charge in [-0.1, -0.05) is 6.92 Å². The molecule has 2 aromatic heterocycles. The molecule has 6 nitrogen and oxygen atoms in total. The van der Waals surface area contributed by atoms with Crippen LogP contribution in [0.25, 0.3) is 0 Å². The molecule has 1 fully saturated rings. The van der Waals surface area contributed by atoms with Crippen molar-refractivity contribution in [2.75, 3.05) is 13.2 Å². The smallest absolute Gasteiger partial charge is 0.263 e. The number of aryl methyl sites for hydroxylation is 1. The van der Waals surface area contributed by atoms with E-state index in [2.05, 4.69) is 22.2 Å². The summed E-state index contributed by atoms with van der Waals surface area (Å²) in [5.74, 6) is -0.153. The predicted molar refractivity (Wildman–Crippen MR) is 84.1 cm³/mol. The Bertz CT molecular complexity index is 649. The summed E-state index contributed by atoms with van der Waals surface area (Å²) in [6, 6.07) is -0.131. The number of nitrogens with one attached hydrogen (secondary N) is 1. The highest BCUT2D eigenvalue weighted by molar-refractivity contribution is 7.13. The maximum Gasteiger partial charge on any atom is 0.263 e. The van der Waals surface area contributed by atoms with Crippen LogP contribution in [0, 0.1) is 0 Å². The van der Waals surface area contributed by atoms with Gasteiger partial charge in [-0.2, -0.15) is 0 Å². The Hall–Kier alpha value is -1.35. The normalized spacial score (nSPS) is 16.8. The number of carbonyl (C=O) groups is 1. The first-order chi connectivity index (χ1) is 10.7. The Morgan fingerprint density at radius 3 is 2.95 bits per heavy atom. The molecular weight excluding hydrogens is 322 g/mol. The first kappa shape index (κ1) is 15.5. The van der Waals surface area contributed by atoms with Crippen molar-refractivity contribution in [3.63, 3.8) is 0 Å². The predicted octanol–water partition coefficient (Wildman–Crippen LogP) is 2.70. The minimum absolute atomic E-state index is 0.131. The second kappa shape index (κ2) is 6.82. The van der Waals surface area contributed by atoms with Crippen LogP contribution >= 0.6 is 22.7 Å². The average molecular weight is 339 g/mol. The van der Waals surface area contributed by atoms with E-state index in [4.69, 9.17) is 9.47 Å². The maximum absolute atomic E-state index is 12.3. The molecule has 0 aromatic carbocycles. The Balaban J connectivity index is 1.63. The summed E-state index contributed by atoms with van der Waals surface area (Å²) in [5, 5.41) is 6.69. The van der Waals surface area contributed by atoms with Crippen molar-refractivity contribution in [2.24, 2.45) is 0 Å². The van der Waals surface area contributed by atoms with Gasteiger partial charge in [-0.25, -0.2) is 9.97 Å². The summed E-state index contributed by atoms with van der Waals surface area (Å²) in [6.45, 7) is 5.12. The Kier molecular flexibility index (Phi) is 4.82. The number of hydrogen-bond donors (Lipinski definition) is 1. The summed E-state index contributed by atoms with van der Waals surface area (Å²) >= 11 is 2.91. The van der Waals surface area contributed by atoms with Crippen molar-refractivity contribution < 1.29 is 14.3 Å². The first-order valence-corrected chi connectivity index (χ1v) is 8.81. The summed E-state index contributed by atoms with van der Waals surface area (Å²) in [7, 11) is 0. The van der Waals surface area contributed by atoms with Crippen molar-refractivity contribution in [1.29, 1.82) is 0 Å². The van der Waals surface area contributed by atoms with Gasteiger partial charge in [0.15, 0.2) is 0 Å². The number of rotatable bonds is 5. The molecule has 8 heteroatoms. The Morgan fingerprint density at radius 1 is 1.50 bits per heavy atom. The molecule has 1 atom stereocenters. The number of ether oxygens (including phenoxy) is 2. The lowest BCUT2D eigenvalue weighted by atomic mass is 10.2. The lowest BCUT2D eigenvalue weighted by Gasteiger charge is -2.10. The molecule has 2 aromatic rings. The van der Waals surface area contributed by atoms with Gasteiger partial charge in [-0.05, 0) is 13.3 Å². The van der Waals surface area contributed by atoms with Crippen LogP contribution in [0.4, 0.5) is 0 Å². The van der Waals surface area contributed by atoms with Crippen molar-refractivity contribution in [3.05, 3.63) is 32.2 Å². The van der Waals surface area contributed by atoms with E-state index in [0.717, 1.165) is 17.1 Å². The van der Waals surface area contributed by atoms with E-state index in [1.54, 1.807) is 17.5 Å². The molecule has 1 N–H and O–H groups in total. The van der Waals surface area contributed by atoms with E-state index in [9.17, 15) is 4.79 Å². The third-order valence-corrected chi connectivity index (χ3v) is 5.26. The van der Waals surface area contributed by atoms with Crippen LogP contribution in [0.5, 0.6) is 0 Å². The van der Waals surface area contributed by atoms with Gasteiger partial charge >= 0.3 is 0 Å². The molecule has 1 amide bonds. The van der Waals surface area contributed by atoms with Crippen LogP contribution < -0.4 is 5.32 Å². The van der Waals surface area contributed by atoms with Gasteiger partial charge in [0.05, 0.1) is 36.2 Å². The van der Waals surface area contributed by atoms with E-state index in [0.29, 0.717) is 23.1 Å². The van der Waals surface area contributed by atoms with Crippen LogP contribution in [0.15, 0.2) is 11.6 Å². The van der Waals surface area contributed by atoms with Crippen molar-refractivity contribution >= 4 is 28.6 Å². The second-order valence-electron chi connectivity index (χ2n) is 4.85. The lowest BCUT2D eigenvalue weighted by molar-refractivity contribution is -0.0442. The molecular formula is C14H17N3O3S2. The number of thiazole rings is 2. The van der Waals surface area contributed by atoms with E-state index < -0.39 is 6.29 Å². The zero-order valence-electron chi connectivity index (χ0n) is 12.4. The van der Waals surface area contributed by atoms with Gasteiger partial charge in [-0.15, -0.1) is 22.7 Å². The highest BCUT2D eigenvalue weighted by Gasteiger charge is 2.24. The van der Waals surface area contributed by atoms with Crippen LogP contribution in [0.2, 0.25) is 0 Å². The van der Waals surface area contributed by atoms with Gasteiger partial charge in [0.25, 0.3) is 5.91 Å². The zero-order chi connectivity index (χ0) is 15.5. The standard InChI is InChI=1S/C14H17N3O3S2/c1-3-11-17-9(7-21-11)8(2)16-12(18)10-6-15-13(22-10)14-19-4-5-20-14/h6-8,14H,3-5H2,1-2H3,(H,16,18)/t8-/m0/s1. The minimum Gasteiger partial charge on any atom is -0.344 e. The van der Waals surface area contributed by atoms with Gasteiger partial charge in [0.2, 0.25) is 6.29 Å². The molecule has 0 unspecified atom stereocenters. The SMILES string of the molecule is CCc1nc([C@H](C)NC(=O)c2cnc(C3OCCO3)s2)cs1. The van der Waals surface area contributed by atoms with E-state index in [1.165, 1.54) is 11.3 Å². The molecule has 22 heavy (non-hydrogen) atoms. The average Bonchev–Trinajstić information content (AvgIpc) is 3.25. The molecule has 3 rings (SSSR count). The number of amides is 1. The number of aromatic nitrogens is 2. The van der Waals surface area contributed by atoms with Crippen molar-refractivity contribution in [2.45, 2.75) is 32.6 Å². The van der Waals surface area contributed by atoms with Crippen molar-refractivity contribution in [3.8, 4) is 0 Å². The molecule has 118 valence electrons. The topological polar surface area (TPSA) is 73.3 Å². The number of nitrogens with zero attached hydrogens (tertiary/aromatic N) is 2. The maximum atomic E-state index is 12.3. The summed E-state index contributed by atoms with van der Waals surface area (Å²) in [5.41, 5.74) is 0.891. The molecule has 0 saturated carbocycles. The Labute approximate surface area is 136 Å². The largest absolute Gasteiger partial charge is 0.344 e. The highest BCUT2D eigenvalue weighted by Crippen LogP contribution is 2.27. The molecule has 1 aliphatic rings. The lowest BCUT2D eigenvalue weighted by Crippen LogP contribution is -2.26. The van der Waals surface area contributed by atoms with Gasteiger partial charge in [0.1, 0.15) is 9.88 Å². The van der Waals surface area contributed by atoms with Crippen LogP contribution in [-0.4, -0.2) is 29.1 Å². The van der Waals surface area contributed by atoms with E-state index in [1.807, 2.05) is 12.3 Å². The molecule has 1 saturated heterocycles. The van der Waals surface area contributed by atoms with Crippen molar-refractivity contribution in [1.82, 2.24) is 15.3 Å². The fourth-order valence-electron chi connectivity index (χ4n) is 2.03. The molecule has 0 bridgehead atoms. The molecule has 3 heterocycles. The second-order valence-corrected chi connectivity index (χ2v) is 6.86. The van der Waals surface area contributed by atoms with E-state index >= 15 is 0 Å². The third kappa shape index (κ3) is 3.35. The van der Waals surface area contributed by atoms with Crippen LogP contribution in [-0.2, 0) is 15.9 Å².